The van der Waals surface area contributed by atoms with E-state index in [1.165, 1.54) is 0 Å². The molecule has 0 aliphatic carbocycles. The molecule has 0 radical (unpaired) electrons. The second-order valence-corrected chi connectivity index (χ2v) is 4.16. The second-order valence-electron chi connectivity index (χ2n) is 3.31. The van der Waals surface area contributed by atoms with Crippen molar-refractivity contribution in [3.8, 4) is 5.75 Å². The molecule has 0 aromatic heterocycles. The molecule has 15 heavy (non-hydrogen) atoms. The molecule has 0 fully saturated rings. The minimum absolute atomic E-state index is 0.472. The molecule has 0 unspecified atom stereocenters. The Bertz CT molecular complexity index is 329. The van der Waals surface area contributed by atoms with Gasteiger partial charge in [-0.05, 0) is 24.1 Å². The molecule has 4 heteroatoms. The summed E-state index contributed by atoms with van der Waals surface area (Å²) in [5.41, 5.74) is 13.3. The fourth-order valence-electron chi connectivity index (χ4n) is 1.31. The number of ether oxygens (including phenoxy) is 1. The van der Waals surface area contributed by atoms with E-state index in [1.807, 2.05) is 12.1 Å². The lowest BCUT2D eigenvalue weighted by Crippen LogP contribution is -2.06. The van der Waals surface area contributed by atoms with Crippen LogP contribution in [0.4, 0.5) is 0 Å². The van der Waals surface area contributed by atoms with Gasteiger partial charge in [0, 0.05) is 23.1 Å². The van der Waals surface area contributed by atoms with Crippen molar-refractivity contribution in [2.45, 2.75) is 26.4 Å². The molecule has 1 rings (SSSR count). The molecule has 0 saturated carbocycles. The smallest absolute Gasteiger partial charge is 0.124 e. The Morgan fingerprint density at radius 3 is 2.40 bits per heavy atom. The molecule has 84 valence electrons. The number of hydrogen-bond acceptors (Lipinski definition) is 3. The zero-order valence-electron chi connectivity index (χ0n) is 8.92. The van der Waals surface area contributed by atoms with Gasteiger partial charge < -0.3 is 16.2 Å². The van der Waals surface area contributed by atoms with Crippen LogP contribution in [-0.2, 0) is 13.1 Å². The SMILES string of the molecule is CCCOc1cc(Br)c(CN)cc1CN. The first kappa shape index (κ1) is 12.5. The monoisotopic (exact) mass is 272 g/mol. The largest absolute Gasteiger partial charge is 0.493 e. The molecule has 0 heterocycles. The lowest BCUT2D eigenvalue weighted by molar-refractivity contribution is 0.314. The van der Waals surface area contributed by atoms with Crippen LogP contribution < -0.4 is 16.2 Å². The Labute approximate surface area is 98.9 Å². The summed E-state index contributed by atoms with van der Waals surface area (Å²) in [6.07, 6.45) is 0.986. The first-order chi connectivity index (χ1) is 7.22. The van der Waals surface area contributed by atoms with E-state index < -0.39 is 0 Å². The van der Waals surface area contributed by atoms with E-state index in [0.717, 1.165) is 27.8 Å². The molecule has 0 spiro atoms. The zero-order valence-corrected chi connectivity index (χ0v) is 10.5. The van der Waals surface area contributed by atoms with Crippen molar-refractivity contribution < 1.29 is 4.74 Å². The summed E-state index contributed by atoms with van der Waals surface area (Å²) < 4.78 is 6.59. The average Bonchev–Trinajstić information content (AvgIpc) is 2.26. The summed E-state index contributed by atoms with van der Waals surface area (Å²) in [5, 5.41) is 0. The molecule has 0 amide bonds. The second kappa shape index (κ2) is 6.10. The Morgan fingerprint density at radius 2 is 1.87 bits per heavy atom. The van der Waals surface area contributed by atoms with E-state index >= 15 is 0 Å². The van der Waals surface area contributed by atoms with Crippen molar-refractivity contribution in [2.75, 3.05) is 6.61 Å². The van der Waals surface area contributed by atoms with Crippen molar-refractivity contribution in [2.24, 2.45) is 11.5 Å². The summed E-state index contributed by atoms with van der Waals surface area (Å²) in [6.45, 7) is 3.76. The number of rotatable bonds is 5. The molecular weight excluding hydrogens is 256 g/mol. The molecule has 4 N–H and O–H groups in total. The van der Waals surface area contributed by atoms with Gasteiger partial charge in [-0.1, -0.05) is 22.9 Å². The third-order valence-electron chi connectivity index (χ3n) is 2.13. The van der Waals surface area contributed by atoms with Crippen LogP contribution in [0.3, 0.4) is 0 Å². The molecule has 0 aliphatic rings. The minimum atomic E-state index is 0.472. The molecule has 1 aromatic carbocycles. The highest BCUT2D eigenvalue weighted by Crippen LogP contribution is 2.27. The molecule has 3 nitrogen and oxygen atoms in total. The fourth-order valence-corrected chi connectivity index (χ4v) is 1.80. The summed E-state index contributed by atoms with van der Waals surface area (Å²) in [6, 6.07) is 3.94. The fraction of sp³-hybridized carbons (Fsp3) is 0.455. The van der Waals surface area contributed by atoms with Crippen molar-refractivity contribution >= 4 is 15.9 Å². The maximum Gasteiger partial charge on any atom is 0.124 e. The maximum absolute atomic E-state index is 5.66. The highest BCUT2D eigenvalue weighted by atomic mass is 79.9. The minimum Gasteiger partial charge on any atom is -0.493 e. The maximum atomic E-state index is 5.66. The van der Waals surface area contributed by atoms with Crippen LogP contribution >= 0.6 is 15.9 Å². The van der Waals surface area contributed by atoms with Crippen LogP contribution in [-0.4, -0.2) is 6.61 Å². The van der Waals surface area contributed by atoms with Crippen LogP contribution in [0.1, 0.15) is 24.5 Å². The van der Waals surface area contributed by atoms with Gasteiger partial charge >= 0.3 is 0 Å². The van der Waals surface area contributed by atoms with Gasteiger partial charge in [0.2, 0.25) is 0 Å². The number of hydrogen-bond donors (Lipinski definition) is 2. The van der Waals surface area contributed by atoms with Crippen molar-refractivity contribution in [3.05, 3.63) is 27.7 Å². The average molecular weight is 273 g/mol. The molecular formula is C11H17BrN2O. The van der Waals surface area contributed by atoms with Gasteiger partial charge in [0.25, 0.3) is 0 Å². The van der Waals surface area contributed by atoms with Gasteiger partial charge in [-0.25, -0.2) is 0 Å². The molecule has 0 aliphatic heterocycles. The highest BCUT2D eigenvalue weighted by Gasteiger charge is 2.07. The normalized spacial score (nSPS) is 10.4. The molecule has 0 bridgehead atoms. The lowest BCUT2D eigenvalue weighted by Gasteiger charge is -2.12. The van der Waals surface area contributed by atoms with E-state index in [1.54, 1.807) is 0 Å². The van der Waals surface area contributed by atoms with Gasteiger partial charge in [0.15, 0.2) is 0 Å². The first-order valence-corrected chi connectivity index (χ1v) is 5.86. The Balaban J connectivity index is 2.98. The van der Waals surface area contributed by atoms with Crippen molar-refractivity contribution in [1.29, 1.82) is 0 Å². The predicted molar refractivity (Wildman–Crippen MR) is 65.7 cm³/mol. The van der Waals surface area contributed by atoms with E-state index in [4.69, 9.17) is 16.2 Å². The van der Waals surface area contributed by atoms with Gasteiger partial charge in [-0.2, -0.15) is 0 Å². The summed E-state index contributed by atoms with van der Waals surface area (Å²) in [4.78, 5) is 0. The summed E-state index contributed by atoms with van der Waals surface area (Å²) in [7, 11) is 0. The van der Waals surface area contributed by atoms with Crippen LogP contribution in [0.15, 0.2) is 16.6 Å². The van der Waals surface area contributed by atoms with Gasteiger partial charge in [0.1, 0.15) is 5.75 Å². The van der Waals surface area contributed by atoms with Crippen molar-refractivity contribution in [3.63, 3.8) is 0 Å². The summed E-state index contributed by atoms with van der Waals surface area (Å²) in [5.74, 6) is 0.850. The van der Waals surface area contributed by atoms with E-state index in [-0.39, 0.29) is 0 Å². The van der Waals surface area contributed by atoms with Crippen molar-refractivity contribution in [1.82, 2.24) is 0 Å². The van der Waals surface area contributed by atoms with E-state index in [9.17, 15) is 0 Å². The third-order valence-corrected chi connectivity index (χ3v) is 2.87. The van der Waals surface area contributed by atoms with Crippen LogP contribution in [0.25, 0.3) is 0 Å². The van der Waals surface area contributed by atoms with Crippen LogP contribution in [0.5, 0.6) is 5.75 Å². The van der Waals surface area contributed by atoms with Gasteiger partial charge in [-0.15, -0.1) is 0 Å². The number of nitrogens with two attached hydrogens (primary N) is 2. The van der Waals surface area contributed by atoms with Crippen LogP contribution in [0, 0.1) is 0 Å². The third kappa shape index (κ3) is 3.19. The predicted octanol–water partition coefficient (Wildman–Crippen LogP) is 2.16. The number of halogens is 1. The van der Waals surface area contributed by atoms with Crippen LogP contribution in [0.2, 0.25) is 0 Å². The van der Waals surface area contributed by atoms with Gasteiger partial charge in [0.05, 0.1) is 6.61 Å². The lowest BCUT2D eigenvalue weighted by atomic mass is 10.1. The zero-order chi connectivity index (χ0) is 11.3. The molecule has 0 saturated heterocycles. The van der Waals surface area contributed by atoms with E-state index in [2.05, 4.69) is 22.9 Å². The standard InChI is InChI=1S/C11H17BrN2O/c1-2-3-15-11-5-10(12)8(6-13)4-9(11)7-14/h4-5H,2-3,6-7,13-14H2,1H3. The molecule has 0 atom stereocenters. The van der Waals surface area contributed by atoms with Gasteiger partial charge in [-0.3, -0.25) is 0 Å². The highest BCUT2D eigenvalue weighted by molar-refractivity contribution is 9.10. The number of benzene rings is 1. The first-order valence-electron chi connectivity index (χ1n) is 5.07. The molecule has 1 aromatic rings. The Hall–Kier alpha value is -0.580. The summed E-state index contributed by atoms with van der Waals surface area (Å²) >= 11 is 3.46. The van der Waals surface area contributed by atoms with E-state index in [0.29, 0.717) is 19.7 Å². The Kier molecular flexibility index (Phi) is 5.08. The topological polar surface area (TPSA) is 61.3 Å². The Morgan fingerprint density at radius 1 is 1.20 bits per heavy atom. The quantitative estimate of drug-likeness (QED) is 0.864.